The molecule has 0 spiro atoms. The number of aliphatic hydroxyl groups is 2. The van der Waals surface area contributed by atoms with E-state index in [-0.39, 0.29) is 13.2 Å². The van der Waals surface area contributed by atoms with Crippen molar-refractivity contribution in [2.24, 2.45) is 0 Å². The summed E-state index contributed by atoms with van der Waals surface area (Å²) < 4.78 is 10.1. The van der Waals surface area contributed by atoms with Gasteiger partial charge in [-0.1, -0.05) is 43.7 Å². The van der Waals surface area contributed by atoms with Gasteiger partial charge in [-0.3, -0.25) is 0 Å². The van der Waals surface area contributed by atoms with Crippen LogP contribution in [0.5, 0.6) is 0 Å². The first-order valence-electron chi connectivity index (χ1n) is 6.76. The lowest BCUT2D eigenvalue weighted by Crippen LogP contribution is -1.99. The first kappa shape index (κ1) is 18.1. The Balaban J connectivity index is 0.000000362. The van der Waals surface area contributed by atoms with Crippen LogP contribution in [0.2, 0.25) is 0 Å². The molecule has 0 aromatic heterocycles. The van der Waals surface area contributed by atoms with Gasteiger partial charge < -0.3 is 19.7 Å². The van der Waals surface area contributed by atoms with Gasteiger partial charge in [0.1, 0.15) is 0 Å². The van der Waals surface area contributed by atoms with Crippen LogP contribution in [0, 0.1) is 0 Å². The quantitative estimate of drug-likeness (QED) is 0.674. The summed E-state index contributed by atoms with van der Waals surface area (Å²) in [6.45, 7) is 4.62. The summed E-state index contributed by atoms with van der Waals surface area (Å²) in [5, 5.41) is 16.7. The monoisotopic (exact) mass is 270 g/mol. The van der Waals surface area contributed by atoms with Crippen molar-refractivity contribution < 1.29 is 19.7 Å². The van der Waals surface area contributed by atoms with Gasteiger partial charge >= 0.3 is 0 Å². The molecule has 0 amide bonds. The second kappa shape index (κ2) is 15.1. The molecule has 0 bridgehead atoms. The van der Waals surface area contributed by atoms with Crippen molar-refractivity contribution in [3.63, 3.8) is 0 Å². The topological polar surface area (TPSA) is 58.9 Å². The molecule has 0 aliphatic rings. The predicted octanol–water partition coefficient (Wildman–Crippen LogP) is 1.99. The van der Waals surface area contributed by atoms with Gasteiger partial charge in [-0.25, -0.2) is 0 Å². The average Bonchev–Trinajstić information content (AvgIpc) is 2.46. The molecule has 0 saturated heterocycles. The van der Waals surface area contributed by atoms with Crippen LogP contribution in [0.1, 0.15) is 25.3 Å². The average molecular weight is 270 g/mol. The molecule has 1 aromatic rings. The smallest absolute Gasteiger partial charge is 0.0718 e. The maximum atomic E-state index is 8.42. The van der Waals surface area contributed by atoms with E-state index in [9.17, 15) is 0 Å². The Hall–Kier alpha value is -0.940. The van der Waals surface area contributed by atoms with Crippen molar-refractivity contribution in [2.75, 3.05) is 33.0 Å². The molecule has 19 heavy (non-hydrogen) atoms. The summed E-state index contributed by atoms with van der Waals surface area (Å²) in [7, 11) is 0. The SMILES string of the molecule is CCCCOCCO.OCCOCc1ccccc1. The van der Waals surface area contributed by atoms with Crippen molar-refractivity contribution in [3.05, 3.63) is 35.9 Å². The second-order valence-corrected chi connectivity index (χ2v) is 3.95. The summed E-state index contributed by atoms with van der Waals surface area (Å²) in [5.41, 5.74) is 1.14. The third kappa shape index (κ3) is 13.3. The van der Waals surface area contributed by atoms with Gasteiger partial charge in [0.2, 0.25) is 0 Å². The highest BCUT2D eigenvalue weighted by molar-refractivity contribution is 5.13. The normalized spacial score (nSPS) is 9.84. The zero-order valence-electron chi connectivity index (χ0n) is 11.8. The van der Waals surface area contributed by atoms with Crippen LogP contribution in [-0.2, 0) is 16.1 Å². The number of unbranched alkanes of at least 4 members (excludes halogenated alkanes) is 1. The minimum absolute atomic E-state index is 0.0901. The van der Waals surface area contributed by atoms with Crippen molar-refractivity contribution in [2.45, 2.75) is 26.4 Å². The number of aliphatic hydroxyl groups excluding tert-OH is 2. The molecule has 0 unspecified atom stereocenters. The van der Waals surface area contributed by atoms with Crippen LogP contribution in [0.3, 0.4) is 0 Å². The Morgan fingerprint density at radius 2 is 1.53 bits per heavy atom. The molecule has 2 N–H and O–H groups in total. The Morgan fingerprint density at radius 3 is 2.11 bits per heavy atom. The third-order valence-corrected chi connectivity index (χ3v) is 2.23. The van der Waals surface area contributed by atoms with Crippen LogP contribution in [0.15, 0.2) is 30.3 Å². The molecule has 0 saturated carbocycles. The lowest BCUT2D eigenvalue weighted by molar-refractivity contribution is 0.0815. The van der Waals surface area contributed by atoms with Crippen molar-refractivity contribution in [1.82, 2.24) is 0 Å². The fourth-order valence-electron chi connectivity index (χ4n) is 1.24. The second-order valence-electron chi connectivity index (χ2n) is 3.95. The molecular formula is C15H26O4. The van der Waals surface area contributed by atoms with E-state index in [0.29, 0.717) is 19.8 Å². The Bertz CT molecular complexity index is 258. The summed E-state index contributed by atoms with van der Waals surface area (Å²) in [5.74, 6) is 0. The lowest BCUT2D eigenvalue weighted by atomic mass is 10.2. The maximum Gasteiger partial charge on any atom is 0.0718 e. The van der Waals surface area contributed by atoms with E-state index in [0.717, 1.165) is 25.0 Å². The van der Waals surface area contributed by atoms with E-state index in [1.165, 1.54) is 0 Å². The van der Waals surface area contributed by atoms with Gasteiger partial charge in [0.05, 0.1) is 33.0 Å². The molecule has 0 fully saturated rings. The van der Waals surface area contributed by atoms with Gasteiger partial charge in [0.15, 0.2) is 0 Å². The summed E-state index contributed by atoms with van der Waals surface area (Å²) in [6, 6.07) is 9.90. The molecule has 1 aromatic carbocycles. The zero-order chi connectivity index (χ0) is 14.2. The Morgan fingerprint density at radius 1 is 0.895 bits per heavy atom. The summed E-state index contributed by atoms with van der Waals surface area (Å²) >= 11 is 0. The summed E-state index contributed by atoms with van der Waals surface area (Å²) in [6.07, 6.45) is 2.26. The lowest BCUT2D eigenvalue weighted by Gasteiger charge is -2.00. The van der Waals surface area contributed by atoms with Crippen molar-refractivity contribution in [3.8, 4) is 0 Å². The Labute approximate surface area is 116 Å². The van der Waals surface area contributed by atoms with Gasteiger partial charge in [-0.15, -0.1) is 0 Å². The maximum absolute atomic E-state index is 8.42. The van der Waals surface area contributed by atoms with Crippen LogP contribution in [0.4, 0.5) is 0 Å². The largest absolute Gasteiger partial charge is 0.394 e. The van der Waals surface area contributed by atoms with Gasteiger partial charge in [0.25, 0.3) is 0 Å². The molecule has 4 heteroatoms. The number of rotatable bonds is 9. The highest BCUT2D eigenvalue weighted by atomic mass is 16.5. The van der Waals surface area contributed by atoms with Gasteiger partial charge in [0, 0.05) is 6.61 Å². The molecule has 4 nitrogen and oxygen atoms in total. The minimum Gasteiger partial charge on any atom is -0.394 e. The Kier molecular flexibility index (Phi) is 14.4. The van der Waals surface area contributed by atoms with E-state index < -0.39 is 0 Å². The third-order valence-electron chi connectivity index (χ3n) is 2.23. The highest BCUT2D eigenvalue weighted by Gasteiger charge is 1.89. The standard InChI is InChI=1S/C9H12O2.C6H14O2/c10-6-7-11-8-9-4-2-1-3-5-9;1-2-3-5-8-6-4-7/h1-5,10H,6-8H2;7H,2-6H2,1H3. The number of benzene rings is 1. The zero-order valence-corrected chi connectivity index (χ0v) is 11.8. The van der Waals surface area contributed by atoms with Crippen molar-refractivity contribution >= 4 is 0 Å². The molecule has 0 aliphatic heterocycles. The molecule has 110 valence electrons. The van der Waals surface area contributed by atoms with E-state index in [4.69, 9.17) is 19.7 Å². The first-order valence-corrected chi connectivity index (χ1v) is 6.76. The molecule has 1 rings (SSSR count). The van der Waals surface area contributed by atoms with Crippen molar-refractivity contribution in [1.29, 1.82) is 0 Å². The minimum atomic E-state index is 0.0901. The van der Waals surface area contributed by atoms with Crippen LogP contribution < -0.4 is 0 Å². The van der Waals surface area contributed by atoms with Gasteiger partial charge in [-0.2, -0.15) is 0 Å². The number of hydrogen-bond acceptors (Lipinski definition) is 4. The molecule has 0 radical (unpaired) electrons. The van der Waals surface area contributed by atoms with Crippen LogP contribution in [-0.4, -0.2) is 43.2 Å². The molecule has 0 aliphatic carbocycles. The van der Waals surface area contributed by atoms with Gasteiger partial charge in [-0.05, 0) is 12.0 Å². The van der Waals surface area contributed by atoms with E-state index in [1.54, 1.807) is 0 Å². The predicted molar refractivity (Wildman–Crippen MR) is 76.0 cm³/mol. The van der Waals surface area contributed by atoms with Crippen LogP contribution >= 0.6 is 0 Å². The molecular weight excluding hydrogens is 244 g/mol. The number of ether oxygens (including phenoxy) is 2. The first-order chi connectivity index (χ1) is 9.35. The fourth-order valence-corrected chi connectivity index (χ4v) is 1.24. The van der Waals surface area contributed by atoms with E-state index in [2.05, 4.69) is 6.92 Å². The number of hydrogen-bond donors (Lipinski definition) is 2. The van der Waals surface area contributed by atoms with Crippen LogP contribution in [0.25, 0.3) is 0 Å². The fraction of sp³-hybridized carbons (Fsp3) is 0.600. The molecule has 0 atom stereocenters. The van der Waals surface area contributed by atoms with E-state index in [1.807, 2.05) is 30.3 Å². The highest BCUT2D eigenvalue weighted by Crippen LogP contribution is 1.99. The molecule has 0 heterocycles. The summed E-state index contributed by atoms with van der Waals surface area (Å²) in [4.78, 5) is 0. The van der Waals surface area contributed by atoms with E-state index >= 15 is 0 Å².